The van der Waals surface area contributed by atoms with E-state index in [4.69, 9.17) is 10.5 Å². The number of nitrogens with zero attached hydrogens (tertiary/aromatic N) is 2. The van der Waals surface area contributed by atoms with Gasteiger partial charge in [-0.1, -0.05) is 0 Å². The molecule has 2 rings (SSSR count). The summed E-state index contributed by atoms with van der Waals surface area (Å²) in [5.74, 6) is 1.53. The molecule has 15 heavy (non-hydrogen) atoms. The summed E-state index contributed by atoms with van der Waals surface area (Å²) in [6.07, 6.45) is 5.97. The molecule has 4 heteroatoms. The van der Waals surface area contributed by atoms with Crippen LogP contribution >= 0.6 is 0 Å². The first-order chi connectivity index (χ1) is 7.18. The number of nitrogens with two attached hydrogens (primary N) is 1. The van der Waals surface area contributed by atoms with Crippen molar-refractivity contribution in [2.24, 2.45) is 18.7 Å². The molecule has 0 aromatic carbocycles. The molecule has 4 nitrogen and oxygen atoms in total. The van der Waals surface area contributed by atoms with E-state index in [2.05, 4.69) is 11.9 Å². The van der Waals surface area contributed by atoms with E-state index in [1.54, 1.807) is 0 Å². The molecule has 3 unspecified atom stereocenters. The monoisotopic (exact) mass is 209 g/mol. The van der Waals surface area contributed by atoms with Gasteiger partial charge in [0, 0.05) is 44.4 Å². The van der Waals surface area contributed by atoms with E-state index in [0.717, 1.165) is 25.3 Å². The van der Waals surface area contributed by atoms with E-state index in [9.17, 15) is 0 Å². The van der Waals surface area contributed by atoms with Gasteiger partial charge >= 0.3 is 0 Å². The van der Waals surface area contributed by atoms with Crippen LogP contribution in [0.2, 0.25) is 0 Å². The maximum atomic E-state index is 6.20. The van der Waals surface area contributed by atoms with Gasteiger partial charge in [0.05, 0.1) is 6.10 Å². The Morgan fingerprint density at radius 3 is 3.07 bits per heavy atom. The van der Waals surface area contributed by atoms with Gasteiger partial charge in [0.25, 0.3) is 0 Å². The van der Waals surface area contributed by atoms with Crippen LogP contribution in [0.25, 0.3) is 0 Å². The molecule has 3 atom stereocenters. The number of aryl methyl sites for hydroxylation is 1. The molecular weight excluding hydrogens is 190 g/mol. The normalized spacial score (nSPS) is 28.2. The van der Waals surface area contributed by atoms with Crippen LogP contribution < -0.4 is 5.73 Å². The molecule has 0 bridgehead atoms. The summed E-state index contributed by atoms with van der Waals surface area (Å²) in [7, 11) is 2.00. The molecule has 1 aromatic heterocycles. The molecule has 0 radical (unpaired) electrons. The Balaban J connectivity index is 1.97. The van der Waals surface area contributed by atoms with E-state index >= 15 is 0 Å². The quantitative estimate of drug-likeness (QED) is 0.798. The molecule has 1 saturated heterocycles. The Bertz CT molecular complexity index is 323. The Hall–Kier alpha value is -0.870. The van der Waals surface area contributed by atoms with Gasteiger partial charge in [0.15, 0.2) is 0 Å². The topological polar surface area (TPSA) is 53.1 Å². The molecule has 1 aliphatic heterocycles. The van der Waals surface area contributed by atoms with E-state index in [1.807, 2.05) is 24.0 Å². The summed E-state index contributed by atoms with van der Waals surface area (Å²) in [4.78, 5) is 4.29. The molecule has 0 spiro atoms. The van der Waals surface area contributed by atoms with Gasteiger partial charge in [-0.25, -0.2) is 4.98 Å². The zero-order chi connectivity index (χ0) is 10.8. The Kier molecular flexibility index (Phi) is 3.07. The molecule has 84 valence electrons. The van der Waals surface area contributed by atoms with Gasteiger partial charge in [-0.15, -0.1) is 0 Å². The Labute approximate surface area is 90.4 Å². The van der Waals surface area contributed by atoms with Crippen LogP contribution in [0.5, 0.6) is 0 Å². The van der Waals surface area contributed by atoms with E-state index < -0.39 is 0 Å². The second-order valence-electron chi connectivity index (χ2n) is 4.35. The van der Waals surface area contributed by atoms with Gasteiger partial charge in [0.2, 0.25) is 0 Å². The lowest BCUT2D eigenvalue weighted by Crippen LogP contribution is -2.36. The summed E-state index contributed by atoms with van der Waals surface area (Å²) in [6.45, 7) is 2.95. The van der Waals surface area contributed by atoms with Crippen LogP contribution in [-0.2, 0) is 18.2 Å². The van der Waals surface area contributed by atoms with Gasteiger partial charge in [0.1, 0.15) is 5.82 Å². The minimum Gasteiger partial charge on any atom is -0.378 e. The standard InChI is InChI=1S/C11H19N3O/c1-8-9(3-6-15-8)10(12)7-11-13-4-5-14(11)2/h4-5,8-10H,3,6-7,12H2,1-2H3. The summed E-state index contributed by atoms with van der Waals surface area (Å²) < 4.78 is 7.56. The number of ether oxygens (including phenoxy) is 1. The number of imidazole rings is 1. The molecule has 1 fully saturated rings. The number of rotatable bonds is 3. The van der Waals surface area contributed by atoms with Crippen molar-refractivity contribution in [3.63, 3.8) is 0 Å². The molecule has 1 aromatic rings. The van der Waals surface area contributed by atoms with Crippen molar-refractivity contribution < 1.29 is 4.74 Å². The number of hydrogen-bond acceptors (Lipinski definition) is 3. The zero-order valence-corrected chi connectivity index (χ0v) is 9.39. The highest BCUT2D eigenvalue weighted by Gasteiger charge is 2.30. The minimum absolute atomic E-state index is 0.156. The summed E-state index contributed by atoms with van der Waals surface area (Å²) >= 11 is 0. The molecule has 1 aliphatic rings. The first-order valence-corrected chi connectivity index (χ1v) is 5.52. The third-order valence-electron chi connectivity index (χ3n) is 3.32. The lowest BCUT2D eigenvalue weighted by Gasteiger charge is -2.21. The fourth-order valence-corrected chi connectivity index (χ4v) is 2.27. The number of hydrogen-bond donors (Lipinski definition) is 1. The predicted molar refractivity (Wildman–Crippen MR) is 58.4 cm³/mol. The summed E-state index contributed by atoms with van der Waals surface area (Å²) in [5.41, 5.74) is 6.20. The maximum absolute atomic E-state index is 6.20. The maximum Gasteiger partial charge on any atom is 0.109 e. The lowest BCUT2D eigenvalue weighted by molar-refractivity contribution is 0.0992. The zero-order valence-electron chi connectivity index (χ0n) is 9.39. The molecule has 0 saturated carbocycles. The fourth-order valence-electron chi connectivity index (χ4n) is 2.27. The van der Waals surface area contributed by atoms with Crippen molar-refractivity contribution in [3.8, 4) is 0 Å². The van der Waals surface area contributed by atoms with Crippen LogP contribution in [0.4, 0.5) is 0 Å². The number of aromatic nitrogens is 2. The van der Waals surface area contributed by atoms with Crippen molar-refractivity contribution in [1.82, 2.24) is 9.55 Å². The minimum atomic E-state index is 0.156. The van der Waals surface area contributed by atoms with Crippen molar-refractivity contribution in [1.29, 1.82) is 0 Å². The van der Waals surface area contributed by atoms with Gasteiger partial charge in [-0.05, 0) is 13.3 Å². The molecule has 0 amide bonds. The average Bonchev–Trinajstić information content (AvgIpc) is 2.76. The third-order valence-corrected chi connectivity index (χ3v) is 3.32. The second kappa shape index (κ2) is 4.33. The summed E-state index contributed by atoms with van der Waals surface area (Å²) in [5, 5.41) is 0. The smallest absolute Gasteiger partial charge is 0.109 e. The van der Waals surface area contributed by atoms with Crippen LogP contribution in [-0.4, -0.2) is 28.3 Å². The average molecular weight is 209 g/mol. The highest BCUT2D eigenvalue weighted by molar-refractivity contribution is 4.96. The Morgan fingerprint density at radius 2 is 2.53 bits per heavy atom. The first kappa shape index (κ1) is 10.6. The third kappa shape index (κ3) is 2.21. The van der Waals surface area contributed by atoms with Gasteiger partial charge < -0.3 is 15.0 Å². The molecule has 2 heterocycles. The fraction of sp³-hybridized carbons (Fsp3) is 0.727. The van der Waals surface area contributed by atoms with Gasteiger partial charge in [-0.2, -0.15) is 0 Å². The van der Waals surface area contributed by atoms with Gasteiger partial charge in [-0.3, -0.25) is 0 Å². The lowest BCUT2D eigenvalue weighted by atomic mass is 9.92. The SMILES string of the molecule is CC1OCCC1C(N)Cc1nccn1C. The predicted octanol–water partition coefficient (Wildman–Crippen LogP) is 0.715. The molecular formula is C11H19N3O. The van der Waals surface area contributed by atoms with E-state index in [0.29, 0.717) is 12.0 Å². The van der Waals surface area contributed by atoms with Crippen molar-refractivity contribution in [2.75, 3.05) is 6.61 Å². The highest BCUT2D eigenvalue weighted by atomic mass is 16.5. The van der Waals surface area contributed by atoms with Crippen molar-refractivity contribution >= 4 is 0 Å². The van der Waals surface area contributed by atoms with E-state index in [-0.39, 0.29) is 6.04 Å². The van der Waals surface area contributed by atoms with Crippen molar-refractivity contribution in [2.45, 2.75) is 31.9 Å². The van der Waals surface area contributed by atoms with Crippen molar-refractivity contribution in [3.05, 3.63) is 18.2 Å². The van der Waals surface area contributed by atoms with Crippen LogP contribution in [0.15, 0.2) is 12.4 Å². The summed E-state index contributed by atoms with van der Waals surface area (Å²) in [6, 6.07) is 0.156. The largest absolute Gasteiger partial charge is 0.378 e. The molecule has 0 aliphatic carbocycles. The highest BCUT2D eigenvalue weighted by Crippen LogP contribution is 2.24. The van der Waals surface area contributed by atoms with Crippen LogP contribution in [0.1, 0.15) is 19.2 Å². The Morgan fingerprint density at radius 1 is 1.73 bits per heavy atom. The second-order valence-corrected chi connectivity index (χ2v) is 4.35. The van der Waals surface area contributed by atoms with Crippen LogP contribution in [0, 0.1) is 5.92 Å². The molecule has 2 N–H and O–H groups in total. The van der Waals surface area contributed by atoms with Crippen LogP contribution in [0.3, 0.4) is 0 Å². The first-order valence-electron chi connectivity index (χ1n) is 5.52. The van der Waals surface area contributed by atoms with E-state index in [1.165, 1.54) is 0 Å².